The summed E-state index contributed by atoms with van der Waals surface area (Å²) in [7, 11) is 0. The van der Waals surface area contributed by atoms with Crippen LogP contribution in [-0.4, -0.2) is 34.1 Å². The van der Waals surface area contributed by atoms with Crippen LogP contribution in [0.15, 0.2) is 24.3 Å². The van der Waals surface area contributed by atoms with E-state index >= 15 is 0 Å². The van der Waals surface area contributed by atoms with Crippen molar-refractivity contribution in [3.63, 3.8) is 0 Å². The maximum atomic E-state index is 5.77. The first kappa shape index (κ1) is 12.6. The lowest BCUT2D eigenvalue weighted by Gasteiger charge is -2.24. The molecule has 0 bridgehead atoms. The van der Waals surface area contributed by atoms with E-state index in [9.17, 15) is 0 Å². The van der Waals surface area contributed by atoms with E-state index in [0.29, 0.717) is 12.6 Å². The van der Waals surface area contributed by atoms with Gasteiger partial charge in [0.15, 0.2) is 0 Å². The van der Waals surface area contributed by atoms with Gasteiger partial charge in [-0.05, 0) is 45.0 Å². The normalized spacial score (nSPS) is 18.2. The van der Waals surface area contributed by atoms with Crippen LogP contribution < -0.4 is 5.73 Å². The van der Waals surface area contributed by atoms with Gasteiger partial charge < -0.3 is 10.3 Å². The predicted octanol–water partition coefficient (Wildman–Crippen LogP) is 2.15. The first-order chi connectivity index (χ1) is 9.31. The summed E-state index contributed by atoms with van der Waals surface area (Å²) in [6, 6.07) is 8.72. The zero-order valence-electron chi connectivity index (χ0n) is 11.5. The van der Waals surface area contributed by atoms with Crippen molar-refractivity contribution >= 4 is 11.0 Å². The number of benzene rings is 1. The van der Waals surface area contributed by atoms with Crippen LogP contribution >= 0.6 is 0 Å². The molecule has 1 aromatic carbocycles. The number of imidazole rings is 1. The van der Waals surface area contributed by atoms with Gasteiger partial charge in [0.05, 0.1) is 17.1 Å². The van der Waals surface area contributed by atoms with Crippen LogP contribution in [0.3, 0.4) is 0 Å². The van der Waals surface area contributed by atoms with E-state index in [1.165, 1.54) is 31.4 Å². The molecule has 0 aliphatic carbocycles. The molecule has 1 aliphatic heterocycles. The van der Waals surface area contributed by atoms with Crippen molar-refractivity contribution in [2.75, 3.05) is 19.6 Å². The van der Waals surface area contributed by atoms with Crippen molar-refractivity contribution in [2.45, 2.75) is 32.4 Å². The molecule has 2 heterocycles. The zero-order chi connectivity index (χ0) is 13.2. The maximum absolute atomic E-state index is 5.77. The minimum absolute atomic E-state index is 0.376. The van der Waals surface area contributed by atoms with Crippen molar-refractivity contribution in [1.82, 2.24) is 14.5 Å². The Labute approximate surface area is 114 Å². The minimum atomic E-state index is 0.376. The van der Waals surface area contributed by atoms with Gasteiger partial charge in [-0.25, -0.2) is 4.98 Å². The molecule has 3 rings (SSSR count). The van der Waals surface area contributed by atoms with Gasteiger partial charge in [-0.15, -0.1) is 0 Å². The summed E-state index contributed by atoms with van der Waals surface area (Å²) in [6.45, 7) is 6.13. The first-order valence-corrected chi connectivity index (χ1v) is 7.20. The van der Waals surface area contributed by atoms with Crippen molar-refractivity contribution < 1.29 is 0 Å². The van der Waals surface area contributed by atoms with Crippen LogP contribution in [0.2, 0.25) is 0 Å². The smallest absolute Gasteiger partial charge is 0.127 e. The number of hydrogen-bond donors (Lipinski definition) is 1. The number of nitrogens with zero attached hydrogens (tertiary/aromatic N) is 3. The van der Waals surface area contributed by atoms with Crippen LogP contribution in [0.4, 0.5) is 0 Å². The lowest BCUT2D eigenvalue weighted by molar-refractivity contribution is 0.248. The molecular formula is C15H22N4. The highest BCUT2D eigenvalue weighted by molar-refractivity contribution is 5.76. The van der Waals surface area contributed by atoms with Gasteiger partial charge in [-0.2, -0.15) is 0 Å². The van der Waals surface area contributed by atoms with Gasteiger partial charge in [0.25, 0.3) is 0 Å². The first-order valence-electron chi connectivity index (χ1n) is 7.20. The van der Waals surface area contributed by atoms with E-state index in [0.717, 1.165) is 17.9 Å². The number of nitrogens with two attached hydrogens (primary N) is 1. The summed E-state index contributed by atoms with van der Waals surface area (Å²) in [5.41, 5.74) is 8.05. The van der Waals surface area contributed by atoms with Crippen LogP contribution in [0, 0.1) is 0 Å². The maximum Gasteiger partial charge on any atom is 0.127 e. The number of para-hydroxylation sites is 2. The minimum Gasteiger partial charge on any atom is -0.329 e. The highest BCUT2D eigenvalue weighted by atomic mass is 15.2. The van der Waals surface area contributed by atoms with Crippen LogP contribution in [-0.2, 0) is 6.54 Å². The largest absolute Gasteiger partial charge is 0.329 e. The summed E-state index contributed by atoms with van der Waals surface area (Å²) in [5.74, 6) is 1.16. The van der Waals surface area contributed by atoms with Crippen LogP contribution in [0.25, 0.3) is 11.0 Å². The Morgan fingerprint density at radius 3 is 2.74 bits per heavy atom. The Kier molecular flexibility index (Phi) is 3.53. The molecule has 1 atom stereocenters. The lowest BCUT2D eigenvalue weighted by atomic mass is 10.2. The SMILES string of the molecule is CC(c1nc2ccccc2n1CCN)N1CCCC1. The quantitative estimate of drug-likeness (QED) is 0.914. The third-order valence-corrected chi connectivity index (χ3v) is 4.10. The van der Waals surface area contributed by atoms with Crippen molar-refractivity contribution in [1.29, 1.82) is 0 Å². The third-order valence-electron chi connectivity index (χ3n) is 4.10. The number of rotatable bonds is 4. The molecule has 102 valence electrons. The van der Waals surface area contributed by atoms with E-state index in [4.69, 9.17) is 10.7 Å². The van der Waals surface area contributed by atoms with Gasteiger partial charge in [-0.3, -0.25) is 4.90 Å². The Bertz CT molecular complexity index is 554. The summed E-state index contributed by atoms with van der Waals surface area (Å²) < 4.78 is 2.29. The topological polar surface area (TPSA) is 47.1 Å². The van der Waals surface area contributed by atoms with Gasteiger partial charge in [0.1, 0.15) is 5.82 Å². The molecule has 4 heteroatoms. The lowest BCUT2D eigenvalue weighted by Crippen LogP contribution is -2.26. The highest BCUT2D eigenvalue weighted by Crippen LogP contribution is 2.27. The molecule has 1 saturated heterocycles. The molecule has 1 aromatic heterocycles. The van der Waals surface area contributed by atoms with Crippen LogP contribution in [0.1, 0.15) is 31.6 Å². The van der Waals surface area contributed by atoms with Gasteiger partial charge in [0.2, 0.25) is 0 Å². The Hall–Kier alpha value is -1.39. The number of hydrogen-bond acceptors (Lipinski definition) is 3. The number of likely N-dealkylation sites (tertiary alicyclic amines) is 1. The Balaban J connectivity index is 2.03. The Morgan fingerprint density at radius 2 is 2.00 bits per heavy atom. The van der Waals surface area contributed by atoms with Gasteiger partial charge in [-0.1, -0.05) is 12.1 Å². The molecule has 1 unspecified atom stereocenters. The second-order valence-electron chi connectivity index (χ2n) is 5.32. The fourth-order valence-corrected chi connectivity index (χ4v) is 3.07. The molecule has 4 nitrogen and oxygen atoms in total. The van der Waals surface area contributed by atoms with E-state index in [2.05, 4.69) is 34.6 Å². The molecule has 2 aromatic rings. The van der Waals surface area contributed by atoms with Gasteiger partial charge in [0, 0.05) is 13.1 Å². The predicted molar refractivity (Wildman–Crippen MR) is 78.0 cm³/mol. The molecule has 2 N–H and O–H groups in total. The summed E-state index contributed by atoms with van der Waals surface area (Å²) in [6.07, 6.45) is 2.61. The zero-order valence-corrected chi connectivity index (χ0v) is 11.5. The standard InChI is InChI=1S/C15H22N4/c1-12(18-9-4-5-10-18)15-17-13-6-2-3-7-14(13)19(15)11-8-16/h2-3,6-7,12H,4-5,8-11,16H2,1H3. The van der Waals surface area contributed by atoms with E-state index in [1.54, 1.807) is 0 Å². The Morgan fingerprint density at radius 1 is 1.26 bits per heavy atom. The van der Waals surface area contributed by atoms with Crippen molar-refractivity contribution in [3.8, 4) is 0 Å². The molecule has 1 fully saturated rings. The van der Waals surface area contributed by atoms with E-state index in [1.807, 2.05) is 6.07 Å². The number of fused-ring (bicyclic) bond motifs is 1. The number of aromatic nitrogens is 2. The fourth-order valence-electron chi connectivity index (χ4n) is 3.07. The van der Waals surface area contributed by atoms with Crippen molar-refractivity contribution in [2.24, 2.45) is 5.73 Å². The van der Waals surface area contributed by atoms with E-state index in [-0.39, 0.29) is 0 Å². The average molecular weight is 258 g/mol. The second kappa shape index (κ2) is 5.31. The second-order valence-corrected chi connectivity index (χ2v) is 5.32. The van der Waals surface area contributed by atoms with E-state index < -0.39 is 0 Å². The summed E-state index contributed by atoms with van der Waals surface area (Å²) in [5, 5.41) is 0. The highest BCUT2D eigenvalue weighted by Gasteiger charge is 2.24. The van der Waals surface area contributed by atoms with Crippen molar-refractivity contribution in [3.05, 3.63) is 30.1 Å². The summed E-state index contributed by atoms with van der Waals surface area (Å²) >= 11 is 0. The van der Waals surface area contributed by atoms with Crippen LogP contribution in [0.5, 0.6) is 0 Å². The third kappa shape index (κ3) is 2.26. The molecule has 0 radical (unpaired) electrons. The summed E-state index contributed by atoms with van der Waals surface area (Å²) in [4.78, 5) is 7.36. The molecule has 0 saturated carbocycles. The molecule has 1 aliphatic rings. The monoisotopic (exact) mass is 258 g/mol. The molecular weight excluding hydrogens is 236 g/mol. The average Bonchev–Trinajstić information content (AvgIpc) is 3.06. The molecule has 0 amide bonds. The van der Waals surface area contributed by atoms with Gasteiger partial charge >= 0.3 is 0 Å². The fraction of sp³-hybridized carbons (Fsp3) is 0.533. The molecule has 19 heavy (non-hydrogen) atoms. The molecule has 0 spiro atoms.